The number of carboxylic acid groups (broad SMARTS) is 4. The Morgan fingerprint density at radius 2 is 1.23 bits per heavy atom. The lowest BCUT2D eigenvalue weighted by Gasteiger charge is -2.22. The van der Waals surface area contributed by atoms with Gasteiger partial charge in [-0.2, -0.15) is 0 Å². The second-order valence-electron chi connectivity index (χ2n) is 9.81. The zero-order chi connectivity index (χ0) is 28.7. The van der Waals surface area contributed by atoms with Crippen LogP contribution in [0.4, 0.5) is 0 Å². The molecule has 8 nitrogen and oxygen atoms in total. The van der Waals surface area contributed by atoms with E-state index in [1.165, 1.54) is 0 Å². The first kappa shape index (κ1) is 26.6. The van der Waals surface area contributed by atoms with Gasteiger partial charge in [0, 0.05) is 16.2 Å². The Labute approximate surface area is 228 Å². The molecule has 5 aromatic carbocycles. The Bertz CT molecular complexity index is 1890. The summed E-state index contributed by atoms with van der Waals surface area (Å²) in [6.07, 6.45) is 7.86. The van der Waals surface area contributed by atoms with Crippen LogP contribution in [-0.4, -0.2) is 44.3 Å². The number of carbonyl (C=O) groups is 4. The van der Waals surface area contributed by atoms with Crippen molar-refractivity contribution in [3.8, 4) is 0 Å². The van der Waals surface area contributed by atoms with Crippen LogP contribution in [0.1, 0.15) is 79.6 Å². The third-order valence-corrected chi connectivity index (χ3v) is 7.46. The van der Waals surface area contributed by atoms with Crippen molar-refractivity contribution >= 4 is 67.0 Å². The highest BCUT2D eigenvalue weighted by atomic mass is 16.4. The van der Waals surface area contributed by atoms with Crippen molar-refractivity contribution in [2.45, 2.75) is 39.0 Å². The first-order chi connectivity index (χ1) is 19.2. The summed E-state index contributed by atoms with van der Waals surface area (Å²) in [5.41, 5.74) is -2.50. The Balaban J connectivity index is 2.07. The highest BCUT2D eigenvalue weighted by Crippen LogP contribution is 2.46. The minimum atomic E-state index is -1.77. The highest BCUT2D eigenvalue weighted by molar-refractivity contribution is 6.40. The van der Waals surface area contributed by atoms with Crippen LogP contribution in [0.5, 0.6) is 0 Å². The number of allylic oxidation sites excluding steroid dienone is 2. The fourth-order valence-electron chi connectivity index (χ4n) is 5.89. The molecule has 0 fully saturated rings. The Morgan fingerprint density at radius 3 is 1.82 bits per heavy atom. The van der Waals surface area contributed by atoms with Gasteiger partial charge in [0.2, 0.25) is 0 Å². The number of hydrogen-bond acceptors (Lipinski definition) is 4. The zero-order valence-corrected chi connectivity index (χ0v) is 21.7. The molecule has 0 aliphatic heterocycles. The van der Waals surface area contributed by atoms with Crippen LogP contribution < -0.4 is 0 Å². The van der Waals surface area contributed by atoms with Crippen LogP contribution in [0.15, 0.2) is 54.6 Å². The molecule has 0 radical (unpaired) electrons. The molecule has 0 amide bonds. The van der Waals surface area contributed by atoms with E-state index < -0.39 is 40.6 Å². The molecular weight excluding hydrogens is 512 g/mol. The van der Waals surface area contributed by atoms with E-state index in [1.54, 1.807) is 18.2 Å². The SMILES string of the molecule is CCCCCC=CCc1cc2c3cccc4cccc(c5c(C(=O)O)c(C(=O)O)c(C(=O)O)c(c1C(=O)O)c25)c43. The summed E-state index contributed by atoms with van der Waals surface area (Å²) in [4.78, 5) is 50.6. The Morgan fingerprint density at radius 1 is 0.625 bits per heavy atom. The van der Waals surface area contributed by atoms with Crippen molar-refractivity contribution in [1.82, 2.24) is 0 Å². The van der Waals surface area contributed by atoms with Gasteiger partial charge in [-0.15, -0.1) is 0 Å². The van der Waals surface area contributed by atoms with E-state index in [-0.39, 0.29) is 28.1 Å². The molecule has 0 aliphatic carbocycles. The average molecular weight is 539 g/mol. The van der Waals surface area contributed by atoms with Crippen LogP contribution in [-0.2, 0) is 6.42 Å². The van der Waals surface area contributed by atoms with E-state index in [2.05, 4.69) is 6.92 Å². The third-order valence-electron chi connectivity index (χ3n) is 7.46. The topological polar surface area (TPSA) is 149 Å². The maximum Gasteiger partial charge on any atom is 0.337 e. The minimum Gasteiger partial charge on any atom is -0.478 e. The monoisotopic (exact) mass is 538 g/mol. The molecule has 0 heterocycles. The van der Waals surface area contributed by atoms with Crippen LogP contribution in [0.25, 0.3) is 43.1 Å². The van der Waals surface area contributed by atoms with Crippen molar-refractivity contribution in [2.24, 2.45) is 0 Å². The molecule has 0 unspecified atom stereocenters. The maximum atomic E-state index is 12.8. The number of benzene rings is 5. The second kappa shape index (κ2) is 10.3. The molecule has 8 heteroatoms. The third kappa shape index (κ3) is 4.09. The predicted molar refractivity (Wildman–Crippen MR) is 152 cm³/mol. The summed E-state index contributed by atoms with van der Waals surface area (Å²) in [6, 6.07) is 12.4. The lowest BCUT2D eigenvalue weighted by molar-refractivity contribution is 0.0635. The van der Waals surface area contributed by atoms with Gasteiger partial charge in [-0.25, -0.2) is 19.2 Å². The van der Waals surface area contributed by atoms with Gasteiger partial charge in [-0.3, -0.25) is 0 Å². The molecule has 0 saturated heterocycles. The number of hydrogen-bond donors (Lipinski definition) is 4. The van der Waals surface area contributed by atoms with Crippen molar-refractivity contribution in [1.29, 1.82) is 0 Å². The average Bonchev–Trinajstić information content (AvgIpc) is 2.91. The normalized spacial score (nSPS) is 11.8. The standard InChI is InChI=1S/C32H26O8/c1-2-3-4-5-6-7-10-17-15-20-18-13-8-11-16-12-9-14-19(21(16)18)23-24(20)25(22(17)29(33)34)27(31(37)38)28(32(39)40)26(23)30(35)36/h6-9,11-15H,2-5,10H2,1H3,(H,33,34)(H,35,36)(H,37,38)(H,39,40). The fraction of sp³-hybridized carbons (Fsp3) is 0.188. The van der Waals surface area contributed by atoms with Gasteiger partial charge in [0.25, 0.3) is 0 Å². The van der Waals surface area contributed by atoms with Crippen molar-refractivity contribution in [3.05, 3.63) is 82.4 Å². The number of rotatable bonds is 10. The maximum absolute atomic E-state index is 12.8. The quantitative estimate of drug-likeness (QED) is 0.0630. The molecule has 4 N–H and O–H groups in total. The molecule has 0 saturated carbocycles. The van der Waals surface area contributed by atoms with Crippen LogP contribution in [0, 0.1) is 0 Å². The van der Waals surface area contributed by atoms with E-state index in [0.29, 0.717) is 27.1 Å². The fourth-order valence-corrected chi connectivity index (χ4v) is 5.89. The van der Waals surface area contributed by atoms with Gasteiger partial charge in [-0.1, -0.05) is 68.3 Å². The summed E-state index contributed by atoms with van der Waals surface area (Å²) >= 11 is 0. The lowest BCUT2D eigenvalue weighted by atomic mass is 9.80. The van der Waals surface area contributed by atoms with Crippen molar-refractivity contribution in [3.63, 3.8) is 0 Å². The molecule has 0 spiro atoms. The number of carboxylic acids is 4. The lowest BCUT2D eigenvalue weighted by Crippen LogP contribution is -2.18. The van der Waals surface area contributed by atoms with Gasteiger partial charge in [-0.05, 0) is 57.8 Å². The van der Waals surface area contributed by atoms with Gasteiger partial charge >= 0.3 is 23.9 Å². The second-order valence-corrected chi connectivity index (χ2v) is 9.81. The van der Waals surface area contributed by atoms with Crippen molar-refractivity contribution < 1.29 is 39.6 Å². The van der Waals surface area contributed by atoms with Crippen LogP contribution >= 0.6 is 0 Å². The van der Waals surface area contributed by atoms with Crippen molar-refractivity contribution in [2.75, 3.05) is 0 Å². The smallest absolute Gasteiger partial charge is 0.337 e. The first-order valence-electron chi connectivity index (χ1n) is 13.0. The molecular formula is C32H26O8. The molecule has 40 heavy (non-hydrogen) atoms. The van der Waals surface area contributed by atoms with E-state index in [1.807, 2.05) is 36.4 Å². The number of fused-ring (bicyclic) bond motifs is 2. The molecule has 0 aliphatic rings. The van der Waals surface area contributed by atoms with E-state index in [0.717, 1.165) is 31.1 Å². The first-order valence-corrected chi connectivity index (χ1v) is 13.0. The summed E-state index contributed by atoms with van der Waals surface area (Å²) < 4.78 is 0. The van der Waals surface area contributed by atoms with Gasteiger partial charge in [0.05, 0.1) is 22.3 Å². The van der Waals surface area contributed by atoms with E-state index in [9.17, 15) is 39.6 Å². The molecule has 0 atom stereocenters. The summed E-state index contributed by atoms with van der Waals surface area (Å²) in [6.45, 7) is 2.09. The summed E-state index contributed by atoms with van der Waals surface area (Å²) in [5.74, 6) is -6.52. The largest absolute Gasteiger partial charge is 0.478 e. The molecule has 202 valence electrons. The van der Waals surface area contributed by atoms with E-state index in [4.69, 9.17) is 0 Å². The molecule has 5 aromatic rings. The van der Waals surface area contributed by atoms with Gasteiger partial charge < -0.3 is 20.4 Å². The van der Waals surface area contributed by atoms with E-state index >= 15 is 0 Å². The molecule has 0 bridgehead atoms. The summed E-state index contributed by atoms with van der Waals surface area (Å²) in [7, 11) is 0. The minimum absolute atomic E-state index is 0.00774. The van der Waals surface area contributed by atoms with Crippen LogP contribution in [0.2, 0.25) is 0 Å². The summed E-state index contributed by atoms with van der Waals surface area (Å²) in [5, 5.41) is 43.9. The number of unbranched alkanes of at least 4 members (excludes halogenated alkanes) is 3. The zero-order valence-electron chi connectivity index (χ0n) is 21.7. The predicted octanol–water partition coefficient (Wildman–Crippen LogP) is 7.21. The van der Waals surface area contributed by atoms with Gasteiger partial charge in [0.1, 0.15) is 0 Å². The molecule has 0 aromatic heterocycles. The Hall–Kier alpha value is -4.98. The number of aromatic carboxylic acids is 4. The Kier molecular flexibility index (Phi) is 6.85. The van der Waals surface area contributed by atoms with Crippen LogP contribution in [0.3, 0.4) is 0 Å². The highest BCUT2D eigenvalue weighted by Gasteiger charge is 2.34. The molecule has 5 rings (SSSR count). The van der Waals surface area contributed by atoms with Gasteiger partial charge in [0.15, 0.2) is 0 Å².